The number of fused-ring (bicyclic) bond motifs is 3. The lowest BCUT2D eigenvalue weighted by Crippen LogP contribution is -2.25. The fourth-order valence-electron chi connectivity index (χ4n) is 3.89. The number of hydrogen-bond acceptors (Lipinski definition) is 4. The summed E-state index contributed by atoms with van der Waals surface area (Å²) in [6.07, 6.45) is 1.87. The van der Waals surface area contributed by atoms with Gasteiger partial charge in [0.2, 0.25) is 0 Å². The quantitative estimate of drug-likeness (QED) is 0.426. The molecule has 0 aliphatic carbocycles. The summed E-state index contributed by atoms with van der Waals surface area (Å²) in [7, 11) is 1.62. The topological polar surface area (TPSA) is 64.7 Å². The van der Waals surface area contributed by atoms with Crippen LogP contribution in [-0.4, -0.2) is 22.0 Å². The number of nitrogens with zero attached hydrogens (tertiary/aromatic N) is 2. The number of aromatic nitrogens is 2. The fraction of sp³-hybridized carbons (Fsp3) is 0.120. The molecule has 3 heterocycles. The Kier molecular flexibility index (Phi) is 5.25. The fourth-order valence-corrected chi connectivity index (χ4v) is 4.54. The first kappa shape index (κ1) is 20.1. The Balaban J connectivity index is 1.59. The molecule has 0 fully saturated rings. The van der Waals surface area contributed by atoms with Gasteiger partial charge in [-0.1, -0.05) is 18.2 Å². The standard InChI is InChI=1S/C25H21N3O3S/c1-31-19-6-2-5-17(13-19)16-28-23-14-18(24(29)26-15-20-7-4-12-32-20)9-10-21(23)27-11-3-8-22(27)25(28)30/h2-14H,15-16H2,1H3,(H,26,29). The predicted molar refractivity (Wildman–Crippen MR) is 127 cm³/mol. The highest BCUT2D eigenvalue weighted by Gasteiger charge is 2.14. The summed E-state index contributed by atoms with van der Waals surface area (Å²) < 4.78 is 8.92. The van der Waals surface area contributed by atoms with Crippen molar-refractivity contribution in [2.75, 3.05) is 7.11 Å². The number of ether oxygens (including phenoxy) is 1. The second kappa shape index (κ2) is 8.36. The van der Waals surface area contributed by atoms with Gasteiger partial charge in [-0.3, -0.25) is 9.59 Å². The summed E-state index contributed by atoms with van der Waals surface area (Å²) in [5.41, 5.74) is 3.50. The minimum absolute atomic E-state index is 0.110. The first-order valence-corrected chi connectivity index (χ1v) is 11.1. The second-order valence-corrected chi connectivity index (χ2v) is 8.50. The molecule has 6 nitrogen and oxygen atoms in total. The average molecular weight is 444 g/mol. The molecule has 7 heteroatoms. The van der Waals surface area contributed by atoms with Gasteiger partial charge in [0.15, 0.2) is 0 Å². The van der Waals surface area contributed by atoms with E-state index in [9.17, 15) is 9.59 Å². The van der Waals surface area contributed by atoms with Crippen LogP contribution in [0.1, 0.15) is 20.8 Å². The molecular weight excluding hydrogens is 422 g/mol. The van der Waals surface area contributed by atoms with Crippen molar-refractivity contribution in [3.8, 4) is 5.75 Å². The van der Waals surface area contributed by atoms with E-state index >= 15 is 0 Å². The summed E-state index contributed by atoms with van der Waals surface area (Å²) in [4.78, 5) is 27.2. The van der Waals surface area contributed by atoms with Gasteiger partial charge in [0.05, 0.1) is 31.2 Å². The van der Waals surface area contributed by atoms with Crippen LogP contribution >= 0.6 is 11.3 Å². The number of thiophene rings is 1. The molecule has 0 spiro atoms. The Bertz CT molecular complexity index is 1480. The number of hydrogen-bond donors (Lipinski definition) is 1. The molecule has 32 heavy (non-hydrogen) atoms. The van der Waals surface area contributed by atoms with E-state index in [2.05, 4.69) is 5.32 Å². The van der Waals surface area contributed by atoms with Crippen LogP contribution < -0.4 is 15.6 Å². The molecule has 0 aliphatic rings. The van der Waals surface area contributed by atoms with E-state index in [1.165, 1.54) is 0 Å². The third kappa shape index (κ3) is 3.67. The lowest BCUT2D eigenvalue weighted by molar-refractivity contribution is 0.0951. The van der Waals surface area contributed by atoms with Crippen LogP contribution in [0, 0.1) is 0 Å². The Hall–Kier alpha value is -3.84. The van der Waals surface area contributed by atoms with Crippen LogP contribution in [0.15, 0.2) is 83.1 Å². The van der Waals surface area contributed by atoms with Gasteiger partial charge in [-0.25, -0.2) is 0 Å². The van der Waals surface area contributed by atoms with Crippen molar-refractivity contribution in [1.82, 2.24) is 14.3 Å². The van der Waals surface area contributed by atoms with E-state index < -0.39 is 0 Å². The number of amides is 1. The maximum atomic E-state index is 13.3. The Morgan fingerprint density at radius 1 is 1.00 bits per heavy atom. The van der Waals surface area contributed by atoms with E-state index in [0.717, 1.165) is 21.7 Å². The number of carbonyl (C=O) groups excluding carboxylic acids is 1. The Morgan fingerprint density at radius 3 is 2.72 bits per heavy atom. The molecule has 5 aromatic rings. The van der Waals surface area contributed by atoms with E-state index in [-0.39, 0.29) is 11.5 Å². The molecule has 0 saturated heterocycles. The molecule has 0 aliphatic heterocycles. The van der Waals surface area contributed by atoms with Gasteiger partial charge in [-0.15, -0.1) is 11.3 Å². The van der Waals surface area contributed by atoms with Crippen LogP contribution in [0.25, 0.3) is 16.6 Å². The van der Waals surface area contributed by atoms with Crippen LogP contribution in [0.3, 0.4) is 0 Å². The van der Waals surface area contributed by atoms with Crippen molar-refractivity contribution < 1.29 is 9.53 Å². The summed E-state index contributed by atoms with van der Waals surface area (Å²) in [5, 5.41) is 4.94. The van der Waals surface area contributed by atoms with Gasteiger partial charge in [-0.2, -0.15) is 0 Å². The average Bonchev–Trinajstić information content (AvgIpc) is 3.52. The largest absolute Gasteiger partial charge is 0.497 e. The van der Waals surface area contributed by atoms with Gasteiger partial charge in [0.25, 0.3) is 11.5 Å². The summed E-state index contributed by atoms with van der Waals surface area (Å²) >= 11 is 1.60. The second-order valence-electron chi connectivity index (χ2n) is 7.47. The van der Waals surface area contributed by atoms with E-state index in [1.54, 1.807) is 35.1 Å². The van der Waals surface area contributed by atoms with Gasteiger partial charge in [0, 0.05) is 16.6 Å². The lowest BCUT2D eigenvalue weighted by atomic mass is 10.1. The number of carbonyl (C=O) groups is 1. The smallest absolute Gasteiger partial charge is 0.275 e. The van der Waals surface area contributed by atoms with Crippen molar-refractivity contribution >= 4 is 33.8 Å². The lowest BCUT2D eigenvalue weighted by Gasteiger charge is -2.14. The monoisotopic (exact) mass is 443 g/mol. The summed E-state index contributed by atoms with van der Waals surface area (Å²) in [6.45, 7) is 0.844. The number of rotatable bonds is 6. The van der Waals surface area contributed by atoms with Gasteiger partial charge >= 0.3 is 0 Å². The molecule has 160 valence electrons. The van der Waals surface area contributed by atoms with Gasteiger partial charge < -0.3 is 19.0 Å². The van der Waals surface area contributed by atoms with Crippen LogP contribution in [0.5, 0.6) is 5.75 Å². The van der Waals surface area contributed by atoms with Gasteiger partial charge in [0.1, 0.15) is 11.3 Å². The first-order valence-electron chi connectivity index (χ1n) is 10.2. The molecule has 2 aromatic carbocycles. The molecule has 0 radical (unpaired) electrons. The third-order valence-corrected chi connectivity index (χ3v) is 6.36. The van der Waals surface area contributed by atoms with Crippen molar-refractivity contribution in [1.29, 1.82) is 0 Å². The van der Waals surface area contributed by atoms with Crippen molar-refractivity contribution in [2.45, 2.75) is 13.1 Å². The molecule has 0 unspecified atom stereocenters. The van der Waals surface area contributed by atoms with Gasteiger partial charge in [-0.05, 0) is 59.5 Å². The van der Waals surface area contributed by atoms with Crippen LogP contribution in [-0.2, 0) is 13.1 Å². The molecule has 1 amide bonds. The molecule has 1 N–H and O–H groups in total. The van der Waals surface area contributed by atoms with E-state index in [4.69, 9.17) is 4.74 Å². The Labute approximate surface area is 188 Å². The minimum Gasteiger partial charge on any atom is -0.497 e. The third-order valence-electron chi connectivity index (χ3n) is 5.48. The zero-order valence-corrected chi connectivity index (χ0v) is 18.3. The maximum absolute atomic E-state index is 13.3. The summed E-state index contributed by atoms with van der Waals surface area (Å²) in [6, 6.07) is 20.7. The van der Waals surface area contributed by atoms with Crippen molar-refractivity contribution in [3.63, 3.8) is 0 Å². The molecule has 5 rings (SSSR count). The maximum Gasteiger partial charge on any atom is 0.275 e. The number of methoxy groups -OCH3 is 1. The molecule has 3 aromatic heterocycles. The van der Waals surface area contributed by atoms with Crippen LogP contribution in [0.2, 0.25) is 0 Å². The summed E-state index contributed by atoms with van der Waals surface area (Å²) in [5.74, 6) is 0.561. The number of nitrogens with one attached hydrogen (secondary N) is 1. The zero-order chi connectivity index (χ0) is 22.1. The normalized spacial score (nSPS) is 11.2. The SMILES string of the molecule is COc1cccc(Cn2c(=O)c3cccn3c3ccc(C(=O)NCc4cccs4)cc32)c1. The zero-order valence-electron chi connectivity index (χ0n) is 17.4. The molecule has 0 atom stereocenters. The minimum atomic E-state index is -0.173. The molecular formula is C25H21N3O3S. The van der Waals surface area contributed by atoms with Crippen molar-refractivity contribution in [2.24, 2.45) is 0 Å². The molecule has 0 saturated carbocycles. The Morgan fingerprint density at radius 2 is 1.91 bits per heavy atom. The highest BCUT2D eigenvalue weighted by atomic mass is 32.1. The highest BCUT2D eigenvalue weighted by Crippen LogP contribution is 2.20. The molecule has 0 bridgehead atoms. The highest BCUT2D eigenvalue weighted by molar-refractivity contribution is 7.09. The first-order chi connectivity index (χ1) is 15.6. The predicted octanol–water partition coefficient (Wildman–Crippen LogP) is 4.30. The van der Waals surface area contributed by atoms with E-state index in [0.29, 0.717) is 29.7 Å². The van der Waals surface area contributed by atoms with E-state index in [1.807, 2.05) is 70.6 Å². The van der Waals surface area contributed by atoms with Crippen LogP contribution in [0.4, 0.5) is 0 Å². The number of benzene rings is 2. The van der Waals surface area contributed by atoms with Crippen molar-refractivity contribution in [3.05, 3.63) is 105 Å².